The van der Waals surface area contributed by atoms with Gasteiger partial charge in [0.05, 0.1) is 6.54 Å². The molecule has 4 nitrogen and oxygen atoms in total. The normalized spacial score (nSPS) is 10.9. The lowest BCUT2D eigenvalue weighted by Gasteiger charge is -2.21. The van der Waals surface area contributed by atoms with E-state index >= 15 is 0 Å². The van der Waals surface area contributed by atoms with Crippen LogP contribution in [-0.2, 0) is 17.9 Å². The molecule has 0 radical (unpaired) electrons. The zero-order valence-corrected chi connectivity index (χ0v) is 12.8. The Kier molecular flexibility index (Phi) is 5.46. The van der Waals surface area contributed by atoms with Crippen molar-refractivity contribution in [2.45, 2.75) is 20.0 Å². The number of carbonyl (C=O) groups is 1. The molecule has 0 spiro atoms. The Hall–Kier alpha value is -1.98. The van der Waals surface area contributed by atoms with Crippen molar-refractivity contribution in [3.63, 3.8) is 0 Å². The molecule has 0 unspecified atom stereocenters. The molecule has 0 aliphatic heterocycles. The fourth-order valence-electron chi connectivity index (χ4n) is 2.23. The standard InChI is InChI=1S/C16H16ClFN2O2/c1-11-7-12(5-6-19-11)8-20(10-16(21)22)9-13-14(17)3-2-4-15(13)18/h2-7H,8-10H2,1H3,(H,21,22). The third-order valence-electron chi connectivity index (χ3n) is 3.17. The number of carboxylic acid groups (broad SMARTS) is 1. The molecule has 1 heterocycles. The fourth-order valence-corrected chi connectivity index (χ4v) is 2.45. The number of carboxylic acids is 1. The van der Waals surface area contributed by atoms with Gasteiger partial charge in [0, 0.05) is 35.6 Å². The van der Waals surface area contributed by atoms with Crippen molar-refractivity contribution < 1.29 is 14.3 Å². The number of aliphatic carboxylic acids is 1. The minimum absolute atomic E-state index is 0.124. The number of benzene rings is 1. The molecule has 22 heavy (non-hydrogen) atoms. The van der Waals surface area contributed by atoms with Gasteiger partial charge in [0.15, 0.2) is 0 Å². The molecule has 0 saturated heterocycles. The van der Waals surface area contributed by atoms with Crippen LogP contribution in [0.4, 0.5) is 4.39 Å². The summed E-state index contributed by atoms with van der Waals surface area (Å²) in [6.07, 6.45) is 1.67. The summed E-state index contributed by atoms with van der Waals surface area (Å²) in [4.78, 5) is 16.8. The predicted octanol–water partition coefficient (Wildman–Crippen LogP) is 3.27. The van der Waals surface area contributed by atoms with Crippen molar-refractivity contribution in [3.05, 3.63) is 64.2 Å². The van der Waals surface area contributed by atoms with Gasteiger partial charge < -0.3 is 5.11 Å². The van der Waals surface area contributed by atoms with Gasteiger partial charge in [0.25, 0.3) is 0 Å². The molecule has 1 N–H and O–H groups in total. The minimum Gasteiger partial charge on any atom is -0.480 e. The lowest BCUT2D eigenvalue weighted by atomic mass is 10.1. The highest BCUT2D eigenvalue weighted by molar-refractivity contribution is 6.31. The van der Waals surface area contributed by atoms with E-state index < -0.39 is 11.8 Å². The van der Waals surface area contributed by atoms with Crippen LogP contribution in [-0.4, -0.2) is 27.5 Å². The van der Waals surface area contributed by atoms with E-state index in [4.69, 9.17) is 16.7 Å². The minimum atomic E-state index is -0.974. The molecule has 6 heteroatoms. The van der Waals surface area contributed by atoms with Crippen LogP contribution in [0.5, 0.6) is 0 Å². The summed E-state index contributed by atoms with van der Waals surface area (Å²) in [6, 6.07) is 8.11. The molecule has 0 fully saturated rings. The Labute approximate surface area is 133 Å². The van der Waals surface area contributed by atoms with E-state index in [9.17, 15) is 9.18 Å². The number of aromatic nitrogens is 1. The molecule has 0 amide bonds. The number of pyridine rings is 1. The lowest BCUT2D eigenvalue weighted by Crippen LogP contribution is -2.29. The molecule has 2 aromatic rings. The lowest BCUT2D eigenvalue weighted by molar-refractivity contribution is -0.138. The van der Waals surface area contributed by atoms with Gasteiger partial charge in [0.2, 0.25) is 0 Å². The molecule has 0 aliphatic carbocycles. The summed E-state index contributed by atoms with van der Waals surface area (Å²) < 4.78 is 13.9. The average molecular weight is 323 g/mol. The van der Waals surface area contributed by atoms with E-state index in [1.165, 1.54) is 12.1 Å². The van der Waals surface area contributed by atoms with E-state index in [0.29, 0.717) is 17.1 Å². The molecular formula is C16H16ClFN2O2. The van der Waals surface area contributed by atoms with Crippen LogP contribution in [0.2, 0.25) is 5.02 Å². The largest absolute Gasteiger partial charge is 0.480 e. The van der Waals surface area contributed by atoms with Crippen LogP contribution in [0.1, 0.15) is 16.8 Å². The maximum atomic E-state index is 13.9. The first-order valence-corrected chi connectivity index (χ1v) is 7.12. The maximum Gasteiger partial charge on any atom is 0.317 e. The maximum absolute atomic E-state index is 13.9. The first-order chi connectivity index (χ1) is 10.5. The SMILES string of the molecule is Cc1cc(CN(CC(=O)O)Cc2c(F)cccc2Cl)ccn1. The number of hydrogen-bond donors (Lipinski definition) is 1. The van der Waals surface area contributed by atoms with Crippen LogP contribution < -0.4 is 0 Å². The number of hydrogen-bond acceptors (Lipinski definition) is 3. The second kappa shape index (κ2) is 7.33. The first kappa shape index (κ1) is 16.4. The number of halogens is 2. The predicted molar refractivity (Wildman–Crippen MR) is 82.1 cm³/mol. The summed E-state index contributed by atoms with van der Waals surface area (Å²) in [6.45, 7) is 2.16. The van der Waals surface area contributed by atoms with Gasteiger partial charge in [-0.3, -0.25) is 14.7 Å². The molecule has 116 valence electrons. The second-order valence-electron chi connectivity index (χ2n) is 5.04. The van der Waals surface area contributed by atoms with Crippen LogP contribution in [0, 0.1) is 12.7 Å². The van der Waals surface area contributed by atoms with Gasteiger partial charge in [-0.2, -0.15) is 0 Å². The van der Waals surface area contributed by atoms with Crippen molar-refractivity contribution in [2.24, 2.45) is 0 Å². The Bertz CT molecular complexity index is 659. The summed E-state index contributed by atoms with van der Waals surface area (Å²) in [5, 5.41) is 9.35. The molecule has 0 atom stereocenters. The third-order valence-corrected chi connectivity index (χ3v) is 3.52. The Morgan fingerprint density at radius 3 is 2.77 bits per heavy atom. The number of nitrogens with zero attached hydrogens (tertiary/aromatic N) is 2. The molecule has 1 aromatic carbocycles. The molecule has 1 aromatic heterocycles. The van der Waals surface area contributed by atoms with E-state index in [1.54, 1.807) is 17.2 Å². The zero-order valence-electron chi connectivity index (χ0n) is 12.1. The molecule has 0 aliphatic rings. The summed E-state index contributed by atoms with van der Waals surface area (Å²) in [7, 11) is 0. The quantitative estimate of drug-likeness (QED) is 0.887. The average Bonchev–Trinajstić information content (AvgIpc) is 2.42. The van der Waals surface area contributed by atoms with E-state index in [2.05, 4.69) is 4.98 Å². The van der Waals surface area contributed by atoms with E-state index in [0.717, 1.165) is 11.3 Å². The van der Waals surface area contributed by atoms with Crippen LogP contribution >= 0.6 is 11.6 Å². The van der Waals surface area contributed by atoms with Gasteiger partial charge >= 0.3 is 5.97 Å². The summed E-state index contributed by atoms with van der Waals surface area (Å²) >= 11 is 6.01. The van der Waals surface area contributed by atoms with E-state index in [1.807, 2.05) is 19.1 Å². The van der Waals surface area contributed by atoms with Crippen molar-refractivity contribution in [2.75, 3.05) is 6.54 Å². The van der Waals surface area contributed by atoms with Crippen LogP contribution in [0.15, 0.2) is 36.5 Å². The molecular weight excluding hydrogens is 307 g/mol. The Morgan fingerprint density at radius 2 is 2.14 bits per heavy atom. The highest BCUT2D eigenvalue weighted by Crippen LogP contribution is 2.21. The fraction of sp³-hybridized carbons (Fsp3) is 0.250. The highest BCUT2D eigenvalue weighted by Gasteiger charge is 2.15. The van der Waals surface area contributed by atoms with Crippen molar-refractivity contribution in [3.8, 4) is 0 Å². The highest BCUT2D eigenvalue weighted by atomic mass is 35.5. The van der Waals surface area contributed by atoms with Gasteiger partial charge in [-0.15, -0.1) is 0 Å². The smallest absolute Gasteiger partial charge is 0.317 e. The molecule has 0 bridgehead atoms. The third kappa shape index (κ3) is 4.51. The van der Waals surface area contributed by atoms with Crippen molar-refractivity contribution >= 4 is 17.6 Å². The van der Waals surface area contributed by atoms with Crippen molar-refractivity contribution in [1.82, 2.24) is 9.88 Å². The second-order valence-corrected chi connectivity index (χ2v) is 5.45. The van der Waals surface area contributed by atoms with E-state index in [-0.39, 0.29) is 13.1 Å². The van der Waals surface area contributed by atoms with Gasteiger partial charge in [-0.25, -0.2) is 4.39 Å². The molecule has 2 rings (SSSR count). The first-order valence-electron chi connectivity index (χ1n) is 6.74. The topological polar surface area (TPSA) is 53.4 Å². The molecule has 0 saturated carbocycles. The van der Waals surface area contributed by atoms with Crippen LogP contribution in [0.3, 0.4) is 0 Å². The Balaban J connectivity index is 2.21. The monoisotopic (exact) mass is 322 g/mol. The van der Waals surface area contributed by atoms with Gasteiger partial charge in [-0.05, 0) is 36.8 Å². The summed E-state index contributed by atoms with van der Waals surface area (Å²) in [5.74, 6) is -1.41. The van der Waals surface area contributed by atoms with Crippen LogP contribution in [0.25, 0.3) is 0 Å². The van der Waals surface area contributed by atoms with Gasteiger partial charge in [0.1, 0.15) is 5.82 Å². The zero-order chi connectivity index (χ0) is 16.1. The van der Waals surface area contributed by atoms with Crippen molar-refractivity contribution in [1.29, 1.82) is 0 Å². The van der Waals surface area contributed by atoms with Gasteiger partial charge in [-0.1, -0.05) is 17.7 Å². The number of aryl methyl sites for hydroxylation is 1. The number of rotatable bonds is 6. The Morgan fingerprint density at radius 1 is 1.36 bits per heavy atom. The summed E-state index contributed by atoms with van der Waals surface area (Å²) in [5.41, 5.74) is 2.06.